The van der Waals surface area contributed by atoms with Crippen molar-refractivity contribution in [3.63, 3.8) is 0 Å². The van der Waals surface area contributed by atoms with E-state index in [1.165, 1.54) is 0 Å². The van der Waals surface area contributed by atoms with E-state index in [9.17, 15) is 21.0 Å². The van der Waals surface area contributed by atoms with Gasteiger partial charge in [-0.3, -0.25) is 0 Å². The van der Waals surface area contributed by atoms with Crippen molar-refractivity contribution in [1.29, 1.82) is 21.0 Å². The molecule has 0 unspecified atom stereocenters. The van der Waals surface area contributed by atoms with Crippen LogP contribution in [0.2, 0.25) is 0 Å². The summed E-state index contributed by atoms with van der Waals surface area (Å²) in [5.74, 6) is 0. The van der Waals surface area contributed by atoms with Gasteiger partial charge in [-0.2, -0.15) is 21.0 Å². The van der Waals surface area contributed by atoms with Gasteiger partial charge in [0.05, 0.1) is 0 Å². The summed E-state index contributed by atoms with van der Waals surface area (Å²) in [6.07, 6.45) is 1.04. The number of allylic oxidation sites excluding steroid dienone is 4. The van der Waals surface area contributed by atoms with Gasteiger partial charge in [0.15, 0.2) is 0 Å². The number of hydrogen-bond donors (Lipinski definition) is 0. The van der Waals surface area contributed by atoms with Crippen molar-refractivity contribution in [2.45, 2.75) is 33.6 Å². The van der Waals surface area contributed by atoms with Crippen LogP contribution in [0, 0.1) is 50.7 Å². The first-order chi connectivity index (χ1) is 11.4. The predicted molar refractivity (Wildman–Crippen MR) is 90.5 cm³/mol. The SMILES string of the molecule is CC(C)(C)Cc1cccc2c1C(=C(C#N)C#N)CC2=C(C#N)C#N. The van der Waals surface area contributed by atoms with Crippen LogP contribution >= 0.6 is 0 Å². The molecule has 0 saturated heterocycles. The number of rotatable bonds is 1. The smallest absolute Gasteiger partial charge is 0.133 e. The first-order valence-corrected chi connectivity index (χ1v) is 7.55. The van der Waals surface area contributed by atoms with Crippen LogP contribution in [0.1, 0.15) is 43.9 Å². The molecule has 0 radical (unpaired) electrons. The molecule has 4 heteroatoms. The van der Waals surface area contributed by atoms with E-state index in [2.05, 4.69) is 20.8 Å². The van der Waals surface area contributed by atoms with Gasteiger partial charge in [-0.15, -0.1) is 0 Å². The van der Waals surface area contributed by atoms with Crippen molar-refractivity contribution in [3.05, 3.63) is 46.0 Å². The van der Waals surface area contributed by atoms with Gasteiger partial charge in [0, 0.05) is 6.42 Å². The largest absolute Gasteiger partial charge is 0.192 e. The van der Waals surface area contributed by atoms with E-state index in [1.54, 1.807) is 0 Å². The van der Waals surface area contributed by atoms with Gasteiger partial charge in [-0.25, -0.2) is 0 Å². The summed E-state index contributed by atoms with van der Waals surface area (Å²) >= 11 is 0. The molecule has 0 aliphatic heterocycles. The average Bonchev–Trinajstić information content (AvgIpc) is 2.89. The molecule has 0 N–H and O–H groups in total. The molecule has 2 rings (SSSR count). The van der Waals surface area contributed by atoms with Crippen LogP contribution in [-0.4, -0.2) is 0 Å². The van der Waals surface area contributed by atoms with Gasteiger partial charge in [0.25, 0.3) is 0 Å². The van der Waals surface area contributed by atoms with E-state index in [1.807, 2.05) is 42.5 Å². The van der Waals surface area contributed by atoms with Gasteiger partial charge < -0.3 is 0 Å². The minimum absolute atomic E-state index is 0.0272. The zero-order valence-electron chi connectivity index (χ0n) is 13.9. The molecule has 116 valence electrons. The number of fused-ring (bicyclic) bond motifs is 1. The first kappa shape index (κ1) is 17.0. The second kappa shape index (κ2) is 6.42. The molecule has 0 atom stereocenters. The Bertz CT molecular complexity index is 894. The molecule has 1 aromatic rings. The van der Waals surface area contributed by atoms with Crippen molar-refractivity contribution >= 4 is 11.1 Å². The van der Waals surface area contributed by atoms with Gasteiger partial charge in [-0.05, 0) is 39.7 Å². The fourth-order valence-corrected chi connectivity index (χ4v) is 3.04. The van der Waals surface area contributed by atoms with E-state index < -0.39 is 0 Å². The molecule has 0 bridgehead atoms. The summed E-state index contributed by atoms with van der Waals surface area (Å²) in [5.41, 5.74) is 3.98. The zero-order valence-corrected chi connectivity index (χ0v) is 13.9. The molecule has 4 nitrogen and oxygen atoms in total. The van der Waals surface area contributed by atoms with Crippen LogP contribution in [-0.2, 0) is 6.42 Å². The fraction of sp³-hybridized carbons (Fsp3) is 0.300. The Morgan fingerprint density at radius 3 is 1.96 bits per heavy atom. The summed E-state index contributed by atoms with van der Waals surface area (Å²) < 4.78 is 0. The van der Waals surface area contributed by atoms with Crippen LogP contribution in [0.4, 0.5) is 0 Å². The Labute approximate surface area is 142 Å². The quantitative estimate of drug-likeness (QED) is 0.723. The minimum Gasteiger partial charge on any atom is -0.192 e. The lowest BCUT2D eigenvalue weighted by Crippen LogP contribution is -2.11. The number of benzene rings is 1. The van der Waals surface area contributed by atoms with Gasteiger partial charge in [0.2, 0.25) is 0 Å². The Morgan fingerprint density at radius 1 is 0.917 bits per heavy atom. The molecule has 24 heavy (non-hydrogen) atoms. The zero-order chi connectivity index (χ0) is 17.9. The van der Waals surface area contributed by atoms with Gasteiger partial charge >= 0.3 is 0 Å². The van der Waals surface area contributed by atoms with Crippen molar-refractivity contribution in [2.24, 2.45) is 5.41 Å². The van der Waals surface area contributed by atoms with Crippen molar-refractivity contribution in [2.75, 3.05) is 0 Å². The molecule has 0 amide bonds. The van der Waals surface area contributed by atoms with E-state index in [4.69, 9.17) is 0 Å². The van der Waals surface area contributed by atoms with Crippen LogP contribution < -0.4 is 0 Å². The second-order valence-corrected chi connectivity index (χ2v) is 6.91. The fourth-order valence-electron chi connectivity index (χ4n) is 3.04. The molecule has 0 aromatic heterocycles. The molecule has 0 saturated carbocycles. The van der Waals surface area contributed by atoms with Crippen LogP contribution in [0.5, 0.6) is 0 Å². The molecule has 1 aliphatic rings. The molecule has 1 aliphatic carbocycles. The third kappa shape index (κ3) is 3.05. The van der Waals surface area contributed by atoms with Crippen LogP contribution in [0.25, 0.3) is 11.1 Å². The van der Waals surface area contributed by atoms with Crippen molar-refractivity contribution < 1.29 is 0 Å². The third-order valence-electron chi connectivity index (χ3n) is 3.90. The molecular formula is C20H16N4. The van der Waals surface area contributed by atoms with E-state index in [0.717, 1.165) is 23.1 Å². The monoisotopic (exact) mass is 312 g/mol. The normalized spacial score (nSPS) is 12.5. The Kier molecular flexibility index (Phi) is 4.55. The lowest BCUT2D eigenvalue weighted by Gasteiger charge is -2.20. The Morgan fingerprint density at radius 2 is 1.46 bits per heavy atom. The highest BCUT2D eigenvalue weighted by Gasteiger charge is 2.30. The number of hydrogen-bond acceptors (Lipinski definition) is 4. The first-order valence-electron chi connectivity index (χ1n) is 7.55. The maximum atomic E-state index is 9.30. The summed E-state index contributed by atoms with van der Waals surface area (Å²) in [6, 6.07) is 13.5. The van der Waals surface area contributed by atoms with Crippen LogP contribution in [0.3, 0.4) is 0 Å². The molecular weight excluding hydrogens is 296 g/mol. The molecule has 0 spiro atoms. The Balaban J connectivity index is 2.87. The topological polar surface area (TPSA) is 95.2 Å². The maximum Gasteiger partial charge on any atom is 0.133 e. The Hall–Kier alpha value is -3.34. The maximum absolute atomic E-state index is 9.30. The average molecular weight is 312 g/mol. The molecule has 0 fully saturated rings. The summed E-state index contributed by atoms with van der Waals surface area (Å²) in [6.45, 7) is 6.35. The van der Waals surface area contributed by atoms with E-state index >= 15 is 0 Å². The molecule has 1 aromatic carbocycles. The number of nitriles is 4. The lowest BCUT2D eigenvalue weighted by atomic mass is 9.84. The van der Waals surface area contributed by atoms with E-state index in [0.29, 0.717) is 11.1 Å². The van der Waals surface area contributed by atoms with E-state index in [-0.39, 0.29) is 23.0 Å². The van der Waals surface area contributed by atoms with Crippen LogP contribution in [0.15, 0.2) is 29.3 Å². The van der Waals surface area contributed by atoms with Gasteiger partial charge in [0.1, 0.15) is 35.4 Å². The summed E-state index contributed by atoms with van der Waals surface area (Å²) in [5, 5.41) is 37.1. The molecule has 0 heterocycles. The standard InChI is InChI=1S/C20H16N4/c1-20(2,3)8-13-5-4-6-16-17(14(9-21)10-22)7-18(19(13)16)15(11-23)12-24/h4-6H,7-8H2,1-3H3. The predicted octanol–water partition coefficient (Wildman–Crippen LogP) is 4.28. The highest BCUT2D eigenvalue weighted by atomic mass is 14.4. The highest BCUT2D eigenvalue weighted by Crippen LogP contribution is 2.46. The summed E-state index contributed by atoms with van der Waals surface area (Å²) in [7, 11) is 0. The van der Waals surface area contributed by atoms with Gasteiger partial charge in [-0.1, -0.05) is 39.0 Å². The number of nitrogens with zero attached hydrogens (tertiary/aromatic N) is 4. The highest BCUT2D eigenvalue weighted by molar-refractivity contribution is 5.99. The van der Waals surface area contributed by atoms with Crippen molar-refractivity contribution in [3.8, 4) is 24.3 Å². The lowest BCUT2D eigenvalue weighted by molar-refractivity contribution is 0.411. The minimum atomic E-state index is 0.0272. The second-order valence-electron chi connectivity index (χ2n) is 6.91. The third-order valence-corrected chi connectivity index (χ3v) is 3.90. The summed E-state index contributed by atoms with van der Waals surface area (Å²) in [4.78, 5) is 0. The van der Waals surface area contributed by atoms with Crippen molar-refractivity contribution in [1.82, 2.24) is 0 Å².